The lowest BCUT2D eigenvalue weighted by molar-refractivity contribution is 0.320. The van der Waals surface area contributed by atoms with Gasteiger partial charge < -0.3 is 10.2 Å². The first-order valence-electron chi connectivity index (χ1n) is 5.40. The topological polar surface area (TPSA) is 15.3 Å². The van der Waals surface area contributed by atoms with Crippen LogP contribution in [0.5, 0.6) is 0 Å². The lowest BCUT2D eigenvalue weighted by Gasteiger charge is -2.16. The molecule has 0 fully saturated rings. The highest BCUT2D eigenvalue weighted by atomic mass is 35.5. The maximum absolute atomic E-state index is 13.1. The zero-order valence-electron chi connectivity index (χ0n) is 9.76. The fourth-order valence-corrected chi connectivity index (χ4v) is 1.86. The van der Waals surface area contributed by atoms with Crippen molar-refractivity contribution in [1.82, 2.24) is 10.2 Å². The first kappa shape index (κ1) is 13.4. The Balaban J connectivity index is 2.45. The lowest BCUT2D eigenvalue weighted by atomic mass is 10.2. The fourth-order valence-electron chi connectivity index (χ4n) is 1.62. The molecule has 0 saturated heterocycles. The van der Waals surface area contributed by atoms with Gasteiger partial charge in [-0.05, 0) is 57.4 Å². The van der Waals surface area contributed by atoms with E-state index in [-0.39, 0.29) is 5.82 Å². The molecule has 0 aliphatic rings. The average Bonchev–Trinajstić information content (AvgIpc) is 2.16. The SMILES string of the molecule is CNCCCN(C)Cc1cc(F)cc(Cl)c1. The molecule has 0 aliphatic heterocycles. The summed E-state index contributed by atoms with van der Waals surface area (Å²) in [5.41, 5.74) is 0.914. The minimum absolute atomic E-state index is 0.272. The molecular formula is C12H18ClFN2. The van der Waals surface area contributed by atoms with E-state index in [1.165, 1.54) is 12.1 Å². The van der Waals surface area contributed by atoms with Gasteiger partial charge in [-0.1, -0.05) is 11.6 Å². The van der Waals surface area contributed by atoms with E-state index in [1.54, 1.807) is 6.07 Å². The summed E-state index contributed by atoms with van der Waals surface area (Å²) in [6.07, 6.45) is 1.08. The van der Waals surface area contributed by atoms with Gasteiger partial charge in [0.25, 0.3) is 0 Å². The van der Waals surface area contributed by atoms with Gasteiger partial charge in [-0.3, -0.25) is 0 Å². The zero-order valence-corrected chi connectivity index (χ0v) is 10.5. The Morgan fingerprint density at radius 1 is 1.38 bits per heavy atom. The molecule has 0 aromatic heterocycles. The van der Waals surface area contributed by atoms with Gasteiger partial charge in [-0.2, -0.15) is 0 Å². The van der Waals surface area contributed by atoms with Gasteiger partial charge in [0, 0.05) is 11.6 Å². The van der Waals surface area contributed by atoms with Crippen LogP contribution in [0.15, 0.2) is 18.2 Å². The Hall–Kier alpha value is -0.640. The molecule has 1 aromatic carbocycles. The molecule has 0 heterocycles. The number of rotatable bonds is 6. The van der Waals surface area contributed by atoms with Crippen LogP contribution in [0.25, 0.3) is 0 Å². The van der Waals surface area contributed by atoms with Crippen molar-refractivity contribution in [2.24, 2.45) is 0 Å². The van der Waals surface area contributed by atoms with Gasteiger partial charge in [0.2, 0.25) is 0 Å². The number of hydrogen-bond acceptors (Lipinski definition) is 2. The lowest BCUT2D eigenvalue weighted by Crippen LogP contribution is -2.22. The van der Waals surface area contributed by atoms with Crippen molar-refractivity contribution in [3.63, 3.8) is 0 Å². The van der Waals surface area contributed by atoms with E-state index in [0.29, 0.717) is 5.02 Å². The Labute approximate surface area is 101 Å². The smallest absolute Gasteiger partial charge is 0.125 e. The van der Waals surface area contributed by atoms with E-state index in [4.69, 9.17) is 11.6 Å². The molecule has 1 aromatic rings. The van der Waals surface area contributed by atoms with E-state index in [1.807, 2.05) is 14.1 Å². The third-order valence-corrected chi connectivity index (χ3v) is 2.56. The highest BCUT2D eigenvalue weighted by Crippen LogP contribution is 2.15. The quantitative estimate of drug-likeness (QED) is 0.774. The van der Waals surface area contributed by atoms with Crippen LogP contribution in [-0.4, -0.2) is 32.1 Å². The van der Waals surface area contributed by atoms with Crippen molar-refractivity contribution < 1.29 is 4.39 Å². The monoisotopic (exact) mass is 244 g/mol. The summed E-state index contributed by atoms with van der Waals surface area (Å²) in [5, 5.41) is 3.55. The summed E-state index contributed by atoms with van der Waals surface area (Å²) in [5.74, 6) is -0.272. The predicted octanol–water partition coefficient (Wildman–Crippen LogP) is 2.52. The summed E-state index contributed by atoms with van der Waals surface area (Å²) >= 11 is 5.79. The standard InChI is InChI=1S/C12H18ClFN2/c1-15-4-3-5-16(2)9-10-6-11(13)8-12(14)7-10/h6-8,15H,3-5,9H2,1-2H3. The summed E-state index contributed by atoms with van der Waals surface area (Å²) < 4.78 is 13.1. The first-order valence-corrected chi connectivity index (χ1v) is 5.77. The van der Waals surface area contributed by atoms with E-state index in [2.05, 4.69) is 10.2 Å². The van der Waals surface area contributed by atoms with Crippen LogP contribution in [0.3, 0.4) is 0 Å². The van der Waals surface area contributed by atoms with Crippen LogP contribution in [0.4, 0.5) is 4.39 Å². The number of halogens is 2. The molecule has 1 rings (SSSR count). The van der Waals surface area contributed by atoms with Gasteiger partial charge in [-0.25, -0.2) is 4.39 Å². The number of hydrogen-bond donors (Lipinski definition) is 1. The van der Waals surface area contributed by atoms with Crippen LogP contribution in [0, 0.1) is 5.82 Å². The van der Waals surface area contributed by atoms with Gasteiger partial charge in [0.1, 0.15) is 5.82 Å². The molecule has 2 nitrogen and oxygen atoms in total. The molecular weight excluding hydrogens is 227 g/mol. The first-order chi connectivity index (χ1) is 7.61. The Bertz CT molecular complexity index is 311. The number of benzene rings is 1. The van der Waals surface area contributed by atoms with E-state index >= 15 is 0 Å². The van der Waals surface area contributed by atoms with E-state index in [0.717, 1.165) is 31.6 Å². The van der Waals surface area contributed by atoms with Crippen molar-refractivity contribution >= 4 is 11.6 Å². The molecule has 0 aliphatic carbocycles. The minimum Gasteiger partial charge on any atom is -0.320 e. The van der Waals surface area contributed by atoms with Crippen LogP contribution in [0.2, 0.25) is 5.02 Å². The normalized spacial score (nSPS) is 11.1. The molecule has 0 radical (unpaired) electrons. The second-order valence-electron chi connectivity index (χ2n) is 3.97. The molecule has 0 bridgehead atoms. The highest BCUT2D eigenvalue weighted by Gasteiger charge is 2.03. The van der Waals surface area contributed by atoms with Gasteiger partial charge in [0.05, 0.1) is 0 Å². The molecule has 0 atom stereocenters. The highest BCUT2D eigenvalue weighted by molar-refractivity contribution is 6.30. The predicted molar refractivity (Wildman–Crippen MR) is 66.3 cm³/mol. The third kappa shape index (κ3) is 4.92. The maximum atomic E-state index is 13.1. The van der Waals surface area contributed by atoms with Crippen LogP contribution in [-0.2, 0) is 6.54 Å². The van der Waals surface area contributed by atoms with Gasteiger partial charge in [0.15, 0.2) is 0 Å². The van der Waals surface area contributed by atoms with Crippen molar-refractivity contribution in [2.45, 2.75) is 13.0 Å². The average molecular weight is 245 g/mol. The second kappa shape index (κ2) is 6.84. The van der Waals surface area contributed by atoms with Gasteiger partial charge >= 0.3 is 0 Å². The van der Waals surface area contributed by atoms with E-state index < -0.39 is 0 Å². The molecule has 16 heavy (non-hydrogen) atoms. The molecule has 0 saturated carbocycles. The largest absolute Gasteiger partial charge is 0.320 e. The summed E-state index contributed by atoms with van der Waals surface area (Å²) in [7, 11) is 3.96. The Morgan fingerprint density at radius 3 is 2.75 bits per heavy atom. The Kier molecular flexibility index (Phi) is 5.74. The number of nitrogens with one attached hydrogen (secondary N) is 1. The van der Waals surface area contributed by atoms with Crippen molar-refractivity contribution in [1.29, 1.82) is 0 Å². The molecule has 0 unspecified atom stereocenters. The molecule has 4 heteroatoms. The minimum atomic E-state index is -0.272. The molecule has 0 amide bonds. The van der Waals surface area contributed by atoms with Crippen molar-refractivity contribution in [2.75, 3.05) is 27.2 Å². The summed E-state index contributed by atoms with van der Waals surface area (Å²) in [6, 6.07) is 4.66. The number of nitrogens with zero attached hydrogens (tertiary/aromatic N) is 1. The zero-order chi connectivity index (χ0) is 12.0. The summed E-state index contributed by atoms with van der Waals surface area (Å²) in [6.45, 7) is 2.70. The van der Waals surface area contributed by atoms with E-state index in [9.17, 15) is 4.39 Å². The molecule has 0 spiro atoms. The maximum Gasteiger partial charge on any atom is 0.125 e. The van der Waals surface area contributed by atoms with Crippen LogP contribution in [0.1, 0.15) is 12.0 Å². The van der Waals surface area contributed by atoms with Crippen molar-refractivity contribution in [3.8, 4) is 0 Å². The van der Waals surface area contributed by atoms with Crippen molar-refractivity contribution in [3.05, 3.63) is 34.6 Å². The van der Waals surface area contributed by atoms with Crippen LogP contribution >= 0.6 is 11.6 Å². The second-order valence-corrected chi connectivity index (χ2v) is 4.41. The third-order valence-electron chi connectivity index (χ3n) is 2.34. The Morgan fingerprint density at radius 2 is 2.12 bits per heavy atom. The fraction of sp³-hybridized carbons (Fsp3) is 0.500. The molecule has 90 valence electrons. The summed E-state index contributed by atoms with van der Waals surface area (Å²) in [4.78, 5) is 2.16. The van der Waals surface area contributed by atoms with Crippen LogP contribution < -0.4 is 5.32 Å². The van der Waals surface area contributed by atoms with Gasteiger partial charge in [-0.15, -0.1) is 0 Å². The molecule has 1 N–H and O–H groups in total.